The molecule has 0 saturated heterocycles. The third-order valence-electron chi connectivity index (χ3n) is 6.17. The number of nitrogens with zero attached hydrogens (tertiary/aromatic N) is 2. The fourth-order valence-electron chi connectivity index (χ4n) is 4.40. The molecule has 0 spiro atoms. The number of fused-ring (bicyclic) bond motifs is 1. The molecule has 1 N–H and O–H groups in total. The van der Waals surface area contributed by atoms with Crippen LogP contribution in [0, 0.1) is 0 Å². The van der Waals surface area contributed by atoms with Gasteiger partial charge in [0.15, 0.2) is 0 Å². The fourth-order valence-corrected chi connectivity index (χ4v) is 4.40. The summed E-state index contributed by atoms with van der Waals surface area (Å²) >= 11 is 0. The summed E-state index contributed by atoms with van der Waals surface area (Å²) in [5.41, 5.74) is 10.0. The first-order valence-corrected chi connectivity index (χ1v) is 11.3. The molecule has 0 fully saturated rings. The molecule has 2 heterocycles. The Morgan fingerprint density at radius 3 is 2.38 bits per heavy atom. The minimum atomic E-state index is 0.684. The number of aryl methyl sites for hydroxylation is 2. The second-order valence-electron chi connectivity index (χ2n) is 8.72. The van der Waals surface area contributed by atoms with Gasteiger partial charge in [0.05, 0.1) is 5.69 Å². The number of nitrogens with one attached hydrogen (secondary N) is 1. The molecule has 0 amide bonds. The lowest BCUT2D eigenvalue weighted by atomic mass is 9.98. The highest BCUT2D eigenvalue weighted by Crippen LogP contribution is 2.37. The van der Waals surface area contributed by atoms with E-state index in [-0.39, 0.29) is 0 Å². The van der Waals surface area contributed by atoms with Gasteiger partial charge < -0.3 is 14.6 Å². The molecule has 4 heteroatoms. The summed E-state index contributed by atoms with van der Waals surface area (Å²) in [5, 5.41) is 0. The SMILES string of the molecule is CN(C)CCOc1ccc(-c2cc(-c3ccc4c(c3)CCC4)c(-c3ccncc3)[nH]2)cc1. The Labute approximate surface area is 189 Å². The summed E-state index contributed by atoms with van der Waals surface area (Å²) in [4.78, 5) is 10.0. The molecule has 32 heavy (non-hydrogen) atoms. The number of H-pyrrole nitrogens is 1. The van der Waals surface area contributed by atoms with Crippen LogP contribution in [0.25, 0.3) is 33.6 Å². The standard InChI is InChI=1S/C28H29N3O/c1-31(2)16-17-32-25-10-8-21(9-11-25)27-19-26(28(30-27)22-12-14-29-15-13-22)24-7-6-20-4-3-5-23(20)18-24/h6-15,18-19,30H,3-5,16-17H2,1-2H3. The molecule has 2 aromatic carbocycles. The summed E-state index contributed by atoms with van der Waals surface area (Å²) < 4.78 is 5.86. The van der Waals surface area contributed by atoms with Crippen LogP contribution < -0.4 is 4.74 Å². The van der Waals surface area contributed by atoms with Crippen molar-refractivity contribution >= 4 is 0 Å². The molecule has 0 bridgehead atoms. The molecular formula is C28H29N3O. The van der Waals surface area contributed by atoms with Crippen molar-refractivity contribution in [1.82, 2.24) is 14.9 Å². The van der Waals surface area contributed by atoms with Crippen molar-refractivity contribution in [2.45, 2.75) is 19.3 Å². The van der Waals surface area contributed by atoms with E-state index in [0.717, 1.165) is 34.8 Å². The summed E-state index contributed by atoms with van der Waals surface area (Å²) in [6.45, 7) is 1.58. The molecule has 0 saturated carbocycles. The first kappa shape index (κ1) is 20.5. The highest BCUT2D eigenvalue weighted by molar-refractivity contribution is 5.86. The second kappa shape index (κ2) is 9.01. The Bertz CT molecular complexity index is 1190. The monoisotopic (exact) mass is 423 g/mol. The van der Waals surface area contributed by atoms with Crippen molar-refractivity contribution in [2.24, 2.45) is 0 Å². The van der Waals surface area contributed by atoms with Crippen molar-refractivity contribution < 1.29 is 4.74 Å². The van der Waals surface area contributed by atoms with Gasteiger partial charge in [-0.15, -0.1) is 0 Å². The van der Waals surface area contributed by atoms with Crippen molar-refractivity contribution in [3.8, 4) is 39.4 Å². The van der Waals surface area contributed by atoms with E-state index in [1.807, 2.05) is 24.5 Å². The van der Waals surface area contributed by atoms with E-state index in [2.05, 4.69) is 77.5 Å². The molecule has 0 atom stereocenters. The van der Waals surface area contributed by atoms with E-state index in [1.54, 1.807) is 0 Å². The van der Waals surface area contributed by atoms with Gasteiger partial charge in [-0.25, -0.2) is 0 Å². The van der Waals surface area contributed by atoms with Gasteiger partial charge in [-0.2, -0.15) is 0 Å². The summed E-state index contributed by atoms with van der Waals surface area (Å²) in [6.07, 6.45) is 7.34. The number of aromatic amines is 1. The van der Waals surface area contributed by atoms with Gasteiger partial charge in [0, 0.05) is 35.8 Å². The Balaban J connectivity index is 1.49. The van der Waals surface area contributed by atoms with Gasteiger partial charge in [0.25, 0.3) is 0 Å². The molecule has 0 aliphatic heterocycles. The minimum absolute atomic E-state index is 0.684. The van der Waals surface area contributed by atoms with Crippen LogP contribution in [0.1, 0.15) is 17.5 Å². The topological polar surface area (TPSA) is 41.1 Å². The van der Waals surface area contributed by atoms with Gasteiger partial charge in [-0.1, -0.05) is 18.2 Å². The Kier molecular flexibility index (Phi) is 5.78. The lowest BCUT2D eigenvalue weighted by molar-refractivity contribution is 0.261. The Hall–Kier alpha value is -3.37. The molecule has 0 radical (unpaired) electrons. The molecule has 162 valence electrons. The van der Waals surface area contributed by atoms with Gasteiger partial charge in [0.1, 0.15) is 12.4 Å². The Morgan fingerprint density at radius 1 is 0.844 bits per heavy atom. The quantitative estimate of drug-likeness (QED) is 0.406. The lowest BCUT2D eigenvalue weighted by Crippen LogP contribution is -2.19. The van der Waals surface area contributed by atoms with Crippen LogP contribution in [-0.4, -0.2) is 42.1 Å². The van der Waals surface area contributed by atoms with E-state index in [1.165, 1.54) is 41.5 Å². The van der Waals surface area contributed by atoms with Gasteiger partial charge in [0.2, 0.25) is 0 Å². The maximum Gasteiger partial charge on any atom is 0.119 e. The molecule has 4 nitrogen and oxygen atoms in total. The number of likely N-dealkylation sites (N-methyl/N-ethyl adjacent to an activating group) is 1. The highest BCUT2D eigenvalue weighted by atomic mass is 16.5. The van der Waals surface area contributed by atoms with Crippen LogP contribution in [0.5, 0.6) is 5.75 Å². The van der Waals surface area contributed by atoms with E-state index < -0.39 is 0 Å². The number of hydrogen-bond donors (Lipinski definition) is 1. The zero-order chi connectivity index (χ0) is 21.9. The van der Waals surface area contributed by atoms with E-state index >= 15 is 0 Å². The van der Waals surface area contributed by atoms with Gasteiger partial charge in [-0.3, -0.25) is 4.98 Å². The minimum Gasteiger partial charge on any atom is -0.492 e. The van der Waals surface area contributed by atoms with Crippen molar-refractivity contribution in [3.05, 3.63) is 84.2 Å². The molecule has 5 rings (SSSR count). The van der Waals surface area contributed by atoms with Gasteiger partial charge >= 0.3 is 0 Å². The molecular weight excluding hydrogens is 394 g/mol. The normalized spacial score (nSPS) is 12.8. The number of aromatic nitrogens is 2. The molecule has 4 aromatic rings. The van der Waals surface area contributed by atoms with Crippen LogP contribution in [0.15, 0.2) is 73.1 Å². The maximum atomic E-state index is 5.86. The Morgan fingerprint density at radius 2 is 1.59 bits per heavy atom. The van der Waals surface area contributed by atoms with E-state index in [0.29, 0.717) is 6.61 Å². The second-order valence-corrected chi connectivity index (χ2v) is 8.72. The average Bonchev–Trinajstić information content (AvgIpc) is 3.47. The summed E-state index contributed by atoms with van der Waals surface area (Å²) in [6, 6.07) is 21.7. The molecule has 1 aliphatic carbocycles. The predicted octanol–water partition coefficient (Wildman–Crippen LogP) is 5.84. The molecule has 0 unspecified atom stereocenters. The van der Waals surface area contributed by atoms with Crippen LogP contribution in [0.4, 0.5) is 0 Å². The number of hydrogen-bond acceptors (Lipinski definition) is 3. The summed E-state index contributed by atoms with van der Waals surface area (Å²) in [7, 11) is 4.10. The summed E-state index contributed by atoms with van der Waals surface area (Å²) in [5.74, 6) is 0.898. The number of ether oxygens (including phenoxy) is 1. The maximum absolute atomic E-state index is 5.86. The van der Waals surface area contributed by atoms with Crippen molar-refractivity contribution in [1.29, 1.82) is 0 Å². The first-order chi connectivity index (χ1) is 15.7. The van der Waals surface area contributed by atoms with E-state index in [9.17, 15) is 0 Å². The zero-order valence-corrected chi connectivity index (χ0v) is 18.8. The number of pyridine rings is 1. The van der Waals surface area contributed by atoms with Gasteiger partial charge in [-0.05, 0) is 98.1 Å². The number of rotatable bonds is 7. The fraction of sp³-hybridized carbons (Fsp3) is 0.250. The van der Waals surface area contributed by atoms with Crippen molar-refractivity contribution in [3.63, 3.8) is 0 Å². The third kappa shape index (κ3) is 4.32. The third-order valence-corrected chi connectivity index (χ3v) is 6.17. The van der Waals surface area contributed by atoms with Crippen LogP contribution in [0.3, 0.4) is 0 Å². The average molecular weight is 424 g/mol. The lowest BCUT2D eigenvalue weighted by Gasteiger charge is -2.11. The van der Waals surface area contributed by atoms with Crippen LogP contribution >= 0.6 is 0 Å². The number of benzene rings is 2. The highest BCUT2D eigenvalue weighted by Gasteiger charge is 2.17. The zero-order valence-electron chi connectivity index (χ0n) is 18.8. The smallest absolute Gasteiger partial charge is 0.119 e. The first-order valence-electron chi connectivity index (χ1n) is 11.3. The van der Waals surface area contributed by atoms with E-state index in [4.69, 9.17) is 4.74 Å². The largest absolute Gasteiger partial charge is 0.492 e. The van der Waals surface area contributed by atoms with Crippen molar-refractivity contribution in [2.75, 3.05) is 27.2 Å². The molecule has 2 aromatic heterocycles. The van der Waals surface area contributed by atoms with Crippen LogP contribution in [-0.2, 0) is 12.8 Å². The van der Waals surface area contributed by atoms with Crippen LogP contribution in [0.2, 0.25) is 0 Å². The molecule has 1 aliphatic rings. The predicted molar refractivity (Wildman–Crippen MR) is 131 cm³/mol.